The number of carbonyl (C=O) groups is 1. The summed E-state index contributed by atoms with van der Waals surface area (Å²) in [5.41, 5.74) is -0.521. The van der Waals surface area contributed by atoms with Crippen LogP contribution in [-0.2, 0) is 11.3 Å². The molecule has 0 saturated heterocycles. The molecule has 1 heterocycles. The molecule has 1 aromatic rings. The van der Waals surface area contributed by atoms with E-state index in [1.807, 2.05) is 34.6 Å². The van der Waals surface area contributed by atoms with Crippen LogP contribution in [0.5, 0.6) is 0 Å². The molecule has 0 spiro atoms. The van der Waals surface area contributed by atoms with Crippen LogP contribution in [0.2, 0.25) is 0 Å². The van der Waals surface area contributed by atoms with Crippen molar-refractivity contribution in [1.29, 1.82) is 0 Å². The standard InChI is InChI=1S/C12H20N2O2/c1-9(2)14-7-6-13(11(14)16)8-10(15)12(3,4)5/h6-7,9H,8H2,1-5H3. The van der Waals surface area contributed by atoms with Gasteiger partial charge < -0.3 is 0 Å². The number of Topliss-reactive ketones (excluding diaryl/α,β-unsaturated/α-hetero) is 1. The molecule has 0 amide bonds. The van der Waals surface area contributed by atoms with E-state index < -0.39 is 5.41 Å². The zero-order valence-corrected chi connectivity index (χ0v) is 10.7. The molecule has 0 fully saturated rings. The zero-order chi connectivity index (χ0) is 12.5. The first-order valence-corrected chi connectivity index (χ1v) is 5.54. The molecule has 0 saturated carbocycles. The van der Waals surface area contributed by atoms with Crippen LogP contribution in [0.15, 0.2) is 17.2 Å². The summed E-state index contributed by atoms with van der Waals surface area (Å²) < 4.78 is 3.09. The topological polar surface area (TPSA) is 44.0 Å². The normalized spacial score (nSPS) is 12.1. The predicted octanol–water partition coefficient (Wildman–Crippen LogP) is 1.85. The van der Waals surface area contributed by atoms with Crippen molar-refractivity contribution < 1.29 is 4.79 Å². The number of rotatable bonds is 3. The number of carbonyl (C=O) groups excluding carboxylic acids is 1. The minimum atomic E-state index is -0.403. The van der Waals surface area contributed by atoms with Gasteiger partial charge in [-0.2, -0.15) is 0 Å². The molecule has 0 aliphatic rings. The smallest absolute Gasteiger partial charge is 0.297 e. The van der Waals surface area contributed by atoms with Gasteiger partial charge in [0.25, 0.3) is 0 Å². The van der Waals surface area contributed by atoms with Crippen molar-refractivity contribution in [3.8, 4) is 0 Å². The summed E-state index contributed by atoms with van der Waals surface area (Å²) in [4.78, 5) is 23.6. The van der Waals surface area contributed by atoms with E-state index in [9.17, 15) is 9.59 Å². The lowest BCUT2D eigenvalue weighted by atomic mass is 9.91. The van der Waals surface area contributed by atoms with Crippen molar-refractivity contribution >= 4 is 5.78 Å². The maximum Gasteiger partial charge on any atom is 0.328 e. The van der Waals surface area contributed by atoms with Gasteiger partial charge in [-0.1, -0.05) is 20.8 Å². The van der Waals surface area contributed by atoms with Crippen molar-refractivity contribution in [3.63, 3.8) is 0 Å². The molecule has 0 atom stereocenters. The Morgan fingerprint density at radius 3 is 2.25 bits per heavy atom. The number of hydrogen-bond acceptors (Lipinski definition) is 2. The van der Waals surface area contributed by atoms with E-state index in [1.54, 1.807) is 17.0 Å². The molecule has 0 radical (unpaired) electrons. The van der Waals surface area contributed by atoms with Crippen molar-refractivity contribution in [3.05, 3.63) is 22.9 Å². The van der Waals surface area contributed by atoms with E-state index in [0.717, 1.165) is 0 Å². The Bertz CT molecular complexity index is 433. The van der Waals surface area contributed by atoms with Crippen LogP contribution in [-0.4, -0.2) is 14.9 Å². The molecule has 0 N–H and O–H groups in total. The average Bonchev–Trinajstić information content (AvgIpc) is 2.46. The predicted molar refractivity (Wildman–Crippen MR) is 63.5 cm³/mol. The maximum absolute atomic E-state index is 11.8. The van der Waals surface area contributed by atoms with Gasteiger partial charge in [0.05, 0.1) is 6.54 Å². The highest BCUT2D eigenvalue weighted by atomic mass is 16.2. The third-order valence-corrected chi connectivity index (χ3v) is 2.58. The van der Waals surface area contributed by atoms with Gasteiger partial charge in [0.2, 0.25) is 0 Å². The lowest BCUT2D eigenvalue weighted by Crippen LogP contribution is -2.32. The first-order chi connectivity index (χ1) is 7.23. The number of hydrogen-bond donors (Lipinski definition) is 0. The van der Waals surface area contributed by atoms with E-state index in [1.165, 1.54) is 4.57 Å². The summed E-state index contributed by atoms with van der Waals surface area (Å²) >= 11 is 0. The first-order valence-electron chi connectivity index (χ1n) is 5.54. The van der Waals surface area contributed by atoms with E-state index in [2.05, 4.69) is 0 Å². The van der Waals surface area contributed by atoms with Crippen LogP contribution in [0.4, 0.5) is 0 Å². The van der Waals surface area contributed by atoms with Crippen LogP contribution in [0.1, 0.15) is 40.7 Å². The van der Waals surface area contributed by atoms with Gasteiger partial charge in [-0.15, -0.1) is 0 Å². The second-order valence-corrected chi connectivity index (χ2v) is 5.38. The van der Waals surface area contributed by atoms with Gasteiger partial charge in [0.1, 0.15) is 0 Å². The van der Waals surface area contributed by atoms with Crippen LogP contribution in [0.3, 0.4) is 0 Å². The molecule has 0 aliphatic heterocycles. The Morgan fingerprint density at radius 2 is 1.88 bits per heavy atom. The summed E-state index contributed by atoms with van der Waals surface area (Å²) in [6.45, 7) is 9.62. The highest BCUT2D eigenvalue weighted by Gasteiger charge is 2.22. The van der Waals surface area contributed by atoms with E-state index in [0.29, 0.717) is 0 Å². The largest absolute Gasteiger partial charge is 0.328 e. The minimum Gasteiger partial charge on any atom is -0.297 e. The molecule has 0 aromatic carbocycles. The van der Waals surface area contributed by atoms with E-state index in [4.69, 9.17) is 0 Å². The van der Waals surface area contributed by atoms with E-state index >= 15 is 0 Å². The van der Waals surface area contributed by atoms with E-state index in [-0.39, 0.29) is 24.1 Å². The van der Waals surface area contributed by atoms with Crippen molar-refractivity contribution in [1.82, 2.24) is 9.13 Å². The van der Waals surface area contributed by atoms with Crippen molar-refractivity contribution in [2.75, 3.05) is 0 Å². The third kappa shape index (κ3) is 2.62. The SMILES string of the molecule is CC(C)n1ccn(CC(=O)C(C)(C)C)c1=O. The average molecular weight is 224 g/mol. The third-order valence-electron chi connectivity index (χ3n) is 2.58. The fraction of sp³-hybridized carbons (Fsp3) is 0.667. The van der Waals surface area contributed by atoms with Crippen molar-refractivity contribution in [2.24, 2.45) is 5.41 Å². The molecule has 0 bridgehead atoms. The van der Waals surface area contributed by atoms with Gasteiger partial charge in [0, 0.05) is 23.9 Å². The van der Waals surface area contributed by atoms with Gasteiger partial charge in [-0.3, -0.25) is 13.9 Å². The van der Waals surface area contributed by atoms with Crippen LogP contribution in [0.25, 0.3) is 0 Å². The highest BCUT2D eigenvalue weighted by Crippen LogP contribution is 2.15. The summed E-state index contributed by atoms with van der Waals surface area (Å²) in [6, 6.07) is 0.124. The van der Waals surface area contributed by atoms with Crippen LogP contribution in [0, 0.1) is 5.41 Å². The Hall–Kier alpha value is -1.32. The molecule has 1 aromatic heterocycles. The Kier molecular flexibility index (Phi) is 3.41. The van der Waals surface area contributed by atoms with Gasteiger partial charge >= 0.3 is 5.69 Å². The molecular formula is C12H20N2O2. The number of imidazole rings is 1. The monoisotopic (exact) mass is 224 g/mol. The number of ketones is 1. The maximum atomic E-state index is 11.8. The number of aromatic nitrogens is 2. The quantitative estimate of drug-likeness (QED) is 0.786. The van der Waals surface area contributed by atoms with Crippen LogP contribution >= 0.6 is 0 Å². The second-order valence-electron chi connectivity index (χ2n) is 5.38. The molecule has 1 rings (SSSR count). The Morgan fingerprint density at radius 1 is 1.31 bits per heavy atom. The highest BCUT2D eigenvalue weighted by molar-refractivity contribution is 5.83. The Balaban J connectivity index is 2.92. The van der Waals surface area contributed by atoms with Gasteiger partial charge in [-0.25, -0.2) is 4.79 Å². The van der Waals surface area contributed by atoms with Gasteiger partial charge in [-0.05, 0) is 13.8 Å². The van der Waals surface area contributed by atoms with Gasteiger partial charge in [0.15, 0.2) is 5.78 Å². The van der Waals surface area contributed by atoms with Crippen LogP contribution < -0.4 is 5.69 Å². The summed E-state index contributed by atoms with van der Waals surface area (Å²) in [5, 5.41) is 0. The Labute approximate surface area is 95.9 Å². The molecule has 4 nitrogen and oxygen atoms in total. The molecule has 4 heteroatoms. The summed E-state index contributed by atoms with van der Waals surface area (Å²) in [7, 11) is 0. The lowest BCUT2D eigenvalue weighted by Gasteiger charge is -2.16. The second kappa shape index (κ2) is 4.28. The minimum absolute atomic E-state index is 0.0658. The molecule has 0 unspecified atom stereocenters. The molecule has 16 heavy (non-hydrogen) atoms. The molecule has 90 valence electrons. The lowest BCUT2D eigenvalue weighted by molar-refractivity contribution is -0.126. The fourth-order valence-corrected chi connectivity index (χ4v) is 1.33. The fourth-order valence-electron chi connectivity index (χ4n) is 1.33. The number of nitrogens with zero attached hydrogens (tertiary/aromatic N) is 2. The first kappa shape index (κ1) is 12.7. The molecule has 0 aliphatic carbocycles. The summed E-state index contributed by atoms with van der Waals surface area (Å²) in [6.07, 6.45) is 3.40. The summed E-state index contributed by atoms with van der Waals surface area (Å²) in [5.74, 6) is 0.0658. The zero-order valence-electron chi connectivity index (χ0n) is 10.7. The molecular weight excluding hydrogens is 204 g/mol. The van der Waals surface area contributed by atoms with Crippen molar-refractivity contribution in [2.45, 2.75) is 47.2 Å².